The molecule has 1 fully saturated rings. The highest BCUT2D eigenvalue weighted by Crippen LogP contribution is 2.29. The van der Waals surface area contributed by atoms with E-state index in [0.29, 0.717) is 11.5 Å². The van der Waals surface area contributed by atoms with E-state index < -0.39 is 0 Å². The number of likely N-dealkylation sites (tertiary alicyclic amines) is 1. The van der Waals surface area contributed by atoms with Gasteiger partial charge in [0.05, 0.1) is 0 Å². The molecule has 104 valence electrons. The lowest BCUT2D eigenvalue weighted by atomic mass is 9.89. The van der Waals surface area contributed by atoms with Gasteiger partial charge in [-0.3, -0.25) is 0 Å². The van der Waals surface area contributed by atoms with E-state index in [-0.39, 0.29) is 4.99 Å². The number of piperidine rings is 1. The van der Waals surface area contributed by atoms with Crippen LogP contribution in [0.5, 0.6) is 0 Å². The first kappa shape index (κ1) is 14.5. The summed E-state index contributed by atoms with van der Waals surface area (Å²) in [6, 6.07) is 12.7. The fraction of sp³-hybridized carbons (Fsp3) is 0.375. The van der Waals surface area contributed by atoms with Gasteiger partial charge in [-0.05, 0) is 31.2 Å². The highest BCUT2D eigenvalue weighted by atomic mass is 32.1. The number of nitriles is 1. The molecule has 0 radical (unpaired) electrons. The van der Waals surface area contributed by atoms with Gasteiger partial charge >= 0.3 is 0 Å². The molecule has 1 aliphatic rings. The maximum absolute atomic E-state index is 9.13. The Hall–Kier alpha value is -1.86. The number of hydrogen-bond acceptors (Lipinski definition) is 3. The second-order valence-electron chi connectivity index (χ2n) is 5.11. The highest BCUT2D eigenvalue weighted by Gasteiger charge is 2.22. The van der Waals surface area contributed by atoms with E-state index in [2.05, 4.69) is 35.2 Å². The van der Waals surface area contributed by atoms with Crippen LogP contribution in [0.2, 0.25) is 0 Å². The molecular formula is C16H19N3S. The topological polar surface area (TPSA) is 53.1 Å². The summed E-state index contributed by atoms with van der Waals surface area (Å²) in [5.41, 5.74) is 8.36. The Labute approximate surface area is 125 Å². The summed E-state index contributed by atoms with van der Waals surface area (Å²) in [7, 11) is 0. The van der Waals surface area contributed by atoms with Crippen molar-refractivity contribution in [2.75, 3.05) is 13.1 Å². The number of allylic oxidation sites excluding steroid dienone is 1. The van der Waals surface area contributed by atoms with E-state index in [4.69, 9.17) is 23.2 Å². The number of hydrogen-bond donors (Lipinski definition) is 1. The molecule has 3 nitrogen and oxygen atoms in total. The summed E-state index contributed by atoms with van der Waals surface area (Å²) in [5.74, 6) is 0.607. The minimum atomic E-state index is 0.190. The zero-order chi connectivity index (χ0) is 14.5. The summed E-state index contributed by atoms with van der Waals surface area (Å²) < 4.78 is 0. The third-order valence-electron chi connectivity index (χ3n) is 3.96. The molecule has 2 rings (SSSR count). The minimum absolute atomic E-state index is 0.190. The Balaban J connectivity index is 2.05. The monoisotopic (exact) mass is 285 g/mol. The highest BCUT2D eigenvalue weighted by molar-refractivity contribution is 7.80. The molecule has 0 aromatic heterocycles. The predicted molar refractivity (Wildman–Crippen MR) is 85.1 cm³/mol. The van der Waals surface area contributed by atoms with E-state index in [1.54, 1.807) is 0 Å². The van der Waals surface area contributed by atoms with E-state index in [0.717, 1.165) is 31.6 Å². The van der Waals surface area contributed by atoms with Gasteiger partial charge in [-0.25, -0.2) is 0 Å². The zero-order valence-electron chi connectivity index (χ0n) is 11.7. The largest absolute Gasteiger partial charge is 0.389 e. The van der Waals surface area contributed by atoms with Crippen molar-refractivity contribution in [3.63, 3.8) is 0 Å². The van der Waals surface area contributed by atoms with Gasteiger partial charge in [0.25, 0.3) is 0 Å². The lowest BCUT2D eigenvalue weighted by Gasteiger charge is -2.34. The molecule has 0 unspecified atom stereocenters. The fourth-order valence-electron chi connectivity index (χ4n) is 2.75. The molecule has 0 atom stereocenters. The van der Waals surface area contributed by atoms with Crippen LogP contribution in [0.25, 0.3) is 0 Å². The molecule has 0 saturated carbocycles. The SMILES string of the molecule is C/C(=C(/C#N)C(N)=S)N1CCC(c2ccccc2)CC1. The normalized spacial score (nSPS) is 17.3. The second-order valence-corrected chi connectivity index (χ2v) is 5.55. The molecule has 20 heavy (non-hydrogen) atoms. The van der Waals surface area contributed by atoms with Gasteiger partial charge in [-0.1, -0.05) is 42.5 Å². The van der Waals surface area contributed by atoms with Gasteiger partial charge in [0.2, 0.25) is 0 Å². The summed E-state index contributed by atoms with van der Waals surface area (Å²) in [6.45, 7) is 3.82. The Morgan fingerprint density at radius 3 is 2.40 bits per heavy atom. The maximum Gasteiger partial charge on any atom is 0.116 e. The van der Waals surface area contributed by atoms with Gasteiger partial charge in [0.1, 0.15) is 16.6 Å². The molecule has 1 aliphatic heterocycles. The van der Waals surface area contributed by atoms with Crippen molar-refractivity contribution in [1.82, 2.24) is 4.90 Å². The van der Waals surface area contributed by atoms with Gasteiger partial charge < -0.3 is 10.6 Å². The number of nitrogens with two attached hydrogens (primary N) is 1. The molecule has 0 aliphatic carbocycles. The third-order valence-corrected chi connectivity index (χ3v) is 4.16. The first-order valence-electron chi connectivity index (χ1n) is 6.84. The second kappa shape index (κ2) is 6.53. The van der Waals surface area contributed by atoms with Crippen LogP contribution in [-0.4, -0.2) is 23.0 Å². The van der Waals surface area contributed by atoms with E-state index in [1.807, 2.05) is 13.0 Å². The average molecular weight is 285 g/mol. The Bertz CT molecular complexity index is 549. The van der Waals surface area contributed by atoms with E-state index in [9.17, 15) is 0 Å². The minimum Gasteiger partial charge on any atom is -0.389 e. The number of rotatable bonds is 3. The standard InChI is InChI=1S/C16H19N3S/c1-12(15(11-17)16(18)20)19-9-7-14(8-10-19)13-5-3-2-4-6-13/h2-6,14H,7-10H2,1H3,(H2,18,20)/b15-12+. The van der Waals surface area contributed by atoms with Crippen LogP contribution in [-0.2, 0) is 0 Å². The van der Waals surface area contributed by atoms with Crippen molar-refractivity contribution in [3.8, 4) is 6.07 Å². The first-order chi connectivity index (χ1) is 9.63. The molecule has 0 bridgehead atoms. The lowest BCUT2D eigenvalue weighted by Crippen LogP contribution is -2.33. The number of thiocarbonyl (C=S) groups is 1. The number of benzene rings is 1. The lowest BCUT2D eigenvalue weighted by molar-refractivity contribution is 0.263. The maximum atomic E-state index is 9.13. The van der Waals surface area contributed by atoms with Crippen molar-refractivity contribution in [3.05, 3.63) is 47.2 Å². The van der Waals surface area contributed by atoms with Gasteiger partial charge in [-0.2, -0.15) is 5.26 Å². The van der Waals surface area contributed by atoms with Crippen molar-refractivity contribution < 1.29 is 0 Å². The summed E-state index contributed by atoms with van der Waals surface area (Å²) in [4.78, 5) is 2.41. The molecule has 1 aromatic carbocycles. The Morgan fingerprint density at radius 2 is 1.90 bits per heavy atom. The predicted octanol–water partition coefficient (Wildman–Crippen LogP) is 2.95. The van der Waals surface area contributed by atoms with Crippen LogP contribution >= 0.6 is 12.2 Å². The van der Waals surface area contributed by atoms with Crippen LogP contribution in [0.3, 0.4) is 0 Å². The van der Waals surface area contributed by atoms with Crippen molar-refractivity contribution in [2.45, 2.75) is 25.7 Å². The van der Waals surface area contributed by atoms with Crippen molar-refractivity contribution in [2.24, 2.45) is 5.73 Å². The fourth-order valence-corrected chi connectivity index (χ4v) is 2.94. The van der Waals surface area contributed by atoms with Crippen molar-refractivity contribution >= 4 is 17.2 Å². The Morgan fingerprint density at radius 1 is 1.30 bits per heavy atom. The van der Waals surface area contributed by atoms with Gasteiger partial charge in [-0.15, -0.1) is 0 Å². The quantitative estimate of drug-likeness (QED) is 0.527. The Kier molecular flexibility index (Phi) is 4.75. The van der Waals surface area contributed by atoms with Gasteiger partial charge in [0.15, 0.2) is 0 Å². The summed E-state index contributed by atoms with van der Waals surface area (Å²) >= 11 is 4.93. The third kappa shape index (κ3) is 3.17. The molecular weight excluding hydrogens is 266 g/mol. The van der Waals surface area contributed by atoms with Crippen LogP contribution in [0.15, 0.2) is 41.6 Å². The smallest absolute Gasteiger partial charge is 0.116 e. The first-order valence-corrected chi connectivity index (χ1v) is 7.25. The summed E-state index contributed by atoms with van der Waals surface area (Å²) in [6.07, 6.45) is 2.19. The van der Waals surface area contributed by atoms with E-state index >= 15 is 0 Å². The summed E-state index contributed by atoms with van der Waals surface area (Å²) in [5, 5.41) is 9.13. The zero-order valence-corrected chi connectivity index (χ0v) is 12.5. The van der Waals surface area contributed by atoms with Crippen LogP contribution in [0, 0.1) is 11.3 Å². The molecule has 0 spiro atoms. The van der Waals surface area contributed by atoms with Crippen LogP contribution in [0.4, 0.5) is 0 Å². The average Bonchev–Trinajstić information content (AvgIpc) is 2.48. The molecule has 2 N–H and O–H groups in total. The van der Waals surface area contributed by atoms with Gasteiger partial charge in [0, 0.05) is 18.8 Å². The number of nitrogens with zero attached hydrogens (tertiary/aromatic N) is 2. The van der Waals surface area contributed by atoms with Crippen LogP contribution < -0.4 is 5.73 Å². The molecule has 1 saturated heterocycles. The van der Waals surface area contributed by atoms with Crippen LogP contribution in [0.1, 0.15) is 31.2 Å². The molecule has 0 amide bonds. The van der Waals surface area contributed by atoms with E-state index in [1.165, 1.54) is 5.56 Å². The molecule has 4 heteroatoms. The molecule has 1 heterocycles. The molecule has 1 aromatic rings. The van der Waals surface area contributed by atoms with Crippen molar-refractivity contribution in [1.29, 1.82) is 5.26 Å².